The summed E-state index contributed by atoms with van der Waals surface area (Å²) in [6, 6.07) is 15.1. The molecule has 1 amide bonds. The van der Waals surface area contributed by atoms with Gasteiger partial charge < -0.3 is 10.1 Å². The number of hydrogen-bond donors (Lipinski definition) is 1. The van der Waals surface area contributed by atoms with Crippen LogP contribution >= 0.6 is 11.6 Å². The number of nitrogens with one attached hydrogen (secondary N) is 1. The molecule has 0 fully saturated rings. The summed E-state index contributed by atoms with van der Waals surface area (Å²) >= 11 is 6.09. The van der Waals surface area contributed by atoms with E-state index in [1.807, 2.05) is 30.3 Å². The van der Waals surface area contributed by atoms with Gasteiger partial charge >= 0.3 is 0 Å². The van der Waals surface area contributed by atoms with Gasteiger partial charge in [-0.05, 0) is 30.2 Å². The van der Waals surface area contributed by atoms with Crippen LogP contribution in [-0.2, 0) is 4.79 Å². The monoisotopic (exact) mass is 317 g/mol. The van der Waals surface area contributed by atoms with Crippen molar-refractivity contribution < 1.29 is 9.53 Å². The molecule has 0 aliphatic rings. The number of ether oxygens (including phenoxy) is 1. The van der Waals surface area contributed by atoms with E-state index in [2.05, 4.69) is 12.2 Å². The standard InChI is InChI=1S/C18H20ClNO2/c1-3-7-15(13-8-5-4-6-9-13)18(21)20-14-10-11-17(22-2)16(19)12-14/h4-6,8-12,15H,3,7H2,1-2H3,(H,20,21)/t15-/m0/s1. The van der Waals surface area contributed by atoms with Crippen molar-refractivity contribution >= 4 is 23.2 Å². The largest absolute Gasteiger partial charge is 0.495 e. The van der Waals surface area contributed by atoms with Gasteiger partial charge in [-0.2, -0.15) is 0 Å². The zero-order valence-corrected chi connectivity index (χ0v) is 13.6. The lowest BCUT2D eigenvalue weighted by Crippen LogP contribution is -2.21. The van der Waals surface area contributed by atoms with E-state index in [1.165, 1.54) is 0 Å². The predicted octanol–water partition coefficient (Wildman–Crippen LogP) is 4.87. The summed E-state index contributed by atoms with van der Waals surface area (Å²) in [7, 11) is 1.56. The molecule has 0 spiro atoms. The summed E-state index contributed by atoms with van der Waals surface area (Å²) < 4.78 is 5.12. The molecule has 0 aliphatic heterocycles. The van der Waals surface area contributed by atoms with Crippen LogP contribution in [0.5, 0.6) is 5.75 Å². The van der Waals surface area contributed by atoms with E-state index in [-0.39, 0.29) is 11.8 Å². The Balaban J connectivity index is 2.16. The molecule has 0 aromatic heterocycles. The Morgan fingerprint density at radius 2 is 1.95 bits per heavy atom. The second-order valence-electron chi connectivity index (χ2n) is 5.09. The molecule has 2 rings (SSSR count). The van der Waals surface area contributed by atoms with Gasteiger partial charge in [0.15, 0.2) is 0 Å². The first-order chi connectivity index (χ1) is 10.7. The highest BCUT2D eigenvalue weighted by molar-refractivity contribution is 6.32. The Morgan fingerprint density at radius 1 is 1.23 bits per heavy atom. The van der Waals surface area contributed by atoms with Gasteiger partial charge in [-0.25, -0.2) is 0 Å². The highest BCUT2D eigenvalue weighted by Gasteiger charge is 2.19. The highest BCUT2D eigenvalue weighted by Crippen LogP contribution is 2.29. The zero-order chi connectivity index (χ0) is 15.9. The topological polar surface area (TPSA) is 38.3 Å². The fourth-order valence-electron chi connectivity index (χ4n) is 2.40. The zero-order valence-electron chi connectivity index (χ0n) is 12.8. The number of carbonyl (C=O) groups is 1. The number of amides is 1. The molecule has 1 atom stereocenters. The lowest BCUT2D eigenvalue weighted by Gasteiger charge is -2.17. The number of anilines is 1. The number of benzene rings is 2. The van der Waals surface area contributed by atoms with Crippen LogP contribution in [0.15, 0.2) is 48.5 Å². The molecule has 116 valence electrons. The Morgan fingerprint density at radius 3 is 2.55 bits per heavy atom. The van der Waals surface area contributed by atoms with Gasteiger partial charge in [0, 0.05) is 5.69 Å². The molecular weight excluding hydrogens is 298 g/mol. The van der Waals surface area contributed by atoms with Crippen LogP contribution in [-0.4, -0.2) is 13.0 Å². The minimum Gasteiger partial charge on any atom is -0.495 e. The SMILES string of the molecule is CCC[C@H](C(=O)Nc1ccc(OC)c(Cl)c1)c1ccccc1. The van der Waals surface area contributed by atoms with Crippen molar-refractivity contribution in [2.45, 2.75) is 25.7 Å². The molecule has 0 bridgehead atoms. The Labute approximate surface area is 136 Å². The maximum Gasteiger partial charge on any atom is 0.231 e. The maximum atomic E-state index is 12.6. The van der Waals surface area contributed by atoms with Crippen LogP contribution in [0.3, 0.4) is 0 Å². The summed E-state index contributed by atoms with van der Waals surface area (Å²) in [6.45, 7) is 2.08. The molecule has 0 unspecified atom stereocenters. The minimum absolute atomic E-state index is 0.0192. The van der Waals surface area contributed by atoms with E-state index in [0.717, 1.165) is 18.4 Å². The quantitative estimate of drug-likeness (QED) is 0.825. The van der Waals surface area contributed by atoms with Crippen LogP contribution in [0.2, 0.25) is 5.02 Å². The Hall–Kier alpha value is -2.00. The molecule has 0 saturated heterocycles. The molecule has 22 heavy (non-hydrogen) atoms. The van der Waals surface area contributed by atoms with Crippen LogP contribution in [0, 0.1) is 0 Å². The van der Waals surface area contributed by atoms with Crippen molar-refractivity contribution in [1.29, 1.82) is 0 Å². The van der Waals surface area contributed by atoms with Crippen LogP contribution < -0.4 is 10.1 Å². The smallest absolute Gasteiger partial charge is 0.231 e. The third-order valence-electron chi connectivity index (χ3n) is 3.52. The van der Waals surface area contributed by atoms with Gasteiger partial charge in [0.05, 0.1) is 18.1 Å². The van der Waals surface area contributed by atoms with E-state index in [0.29, 0.717) is 16.5 Å². The maximum absolute atomic E-state index is 12.6. The van der Waals surface area contributed by atoms with Gasteiger partial charge in [0.2, 0.25) is 5.91 Å². The highest BCUT2D eigenvalue weighted by atomic mass is 35.5. The fraction of sp³-hybridized carbons (Fsp3) is 0.278. The van der Waals surface area contributed by atoms with Crippen molar-refractivity contribution in [2.75, 3.05) is 12.4 Å². The van der Waals surface area contributed by atoms with Gasteiger partial charge in [0.25, 0.3) is 0 Å². The fourth-order valence-corrected chi connectivity index (χ4v) is 2.65. The number of carbonyl (C=O) groups excluding carboxylic acids is 1. The first kappa shape index (κ1) is 16.4. The third kappa shape index (κ3) is 4.01. The average molecular weight is 318 g/mol. The average Bonchev–Trinajstić information content (AvgIpc) is 2.53. The molecule has 0 aliphatic carbocycles. The van der Waals surface area contributed by atoms with E-state index in [1.54, 1.807) is 25.3 Å². The summed E-state index contributed by atoms with van der Waals surface area (Å²) in [4.78, 5) is 12.6. The summed E-state index contributed by atoms with van der Waals surface area (Å²) in [6.07, 6.45) is 1.75. The lowest BCUT2D eigenvalue weighted by molar-refractivity contribution is -0.117. The Bertz CT molecular complexity index is 628. The third-order valence-corrected chi connectivity index (χ3v) is 3.81. The summed E-state index contributed by atoms with van der Waals surface area (Å²) in [5.74, 6) is 0.411. The van der Waals surface area contributed by atoms with E-state index in [4.69, 9.17) is 16.3 Å². The van der Waals surface area contributed by atoms with Gasteiger partial charge in [-0.3, -0.25) is 4.79 Å². The Kier molecular flexibility index (Phi) is 5.84. The lowest BCUT2D eigenvalue weighted by atomic mass is 9.93. The second-order valence-corrected chi connectivity index (χ2v) is 5.50. The molecular formula is C18H20ClNO2. The normalized spacial score (nSPS) is 11.8. The van der Waals surface area contributed by atoms with Crippen LogP contribution in [0.25, 0.3) is 0 Å². The molecule has 1 N–H and O–H groups in total. The van der Waals surface area contributed by atoms with Crippen molar-refractivity contribution in [2.24, 2.45) is 0 Å². The second kappa shape index (κ2) is 7.85. The molecule has 0 radical (unpaired) electrons. The van der Waals surface area contributed by atoms with Crippen LogP contribution in [0.1, 0.15) is 31.2 Å². The van der Waals surface area contributed by atoms with Crippen molar-refractivity contribution in [3.8, 4) is 5.75 Å². The molecule has 4 heteroatoms. The van der Waals surface area contributed by atoms with Crippen molar-refractivity contribution in [3.05, 3.63) is 59.1 Å². The predicted molar refractivity (Wildman–Crippen MR) is 90.7 cm³/mol. The number of hydrogen-bond acceptors (Lipinski definition) is 2. The van der Waals surface area contributed by atoms with E-state index < -0.39 is 0 Å². The molecule has 3 nitrogen and oxygen atoms in total. The first-order valence-corrected chi connectivity index (χ1v) is 7.72. The van der Waals surface area contributed by atoms with Crippen molar-refractivity contribution in [3.63, 3.8) is 0 Å². The van der Waals surface area contributed by atoms with E-state index >= 15 is 0 Å². The van der Waals surface area contributed by atoms with Gasteiger partial charge in [-0.15, -0.1) is 0 Å². The molecule has 0 heterocycles. The van der Waals surface area contributed by atoms with Crippen LogP contribution in [0.4, 0.5) is 5.69 Å². The number of halogens is 1. The summed E-state index contributed by atoms with van der Waals surface area (Å²) in [5, 5.41) is 3.42. The molecule has 2 aromatic rings. The summed E-state index contributed by atoms with van der Waals surface area (Å²) in [5.41, 5.74) is 1.70. The number of methoxy groups -OCH3 is 1. The number of rotatable bonds is 6. The van der Waals surface area contributed by atoms with E-state index in [9.17, 15) is 4.79 Å². The van der Waals surface area contributed by atoms with Gasteiger partial charge in [-0.1, -0.05) is 55.3 Å². The molecule has 0 saturated carbocycles. The van der Waals surface area contributed by atoms with Gasteiger partial charge in [0.1, 0.15) is 5.75 Å². The minimum atomic E-state index is -0.160. The molecule has 2 aromatic carbocycles. The van der Waals surface area contributed by atoms with Crippen molar-refractivity contribution in [1.82, 2.24) is 0 Å². The first-order valence-electron chi connectivity index (χ1n) is 7.35.